The molecule has 1 unspecified atom stereocenters. The summed E-state index contributed by atoms with van der Waals surface area (Å²) in [7, 11) is 0. The van der Waals surface area contributed by atoms with Crippen molar-refractivity contribution >= 4 is 29.1 Å². The van der Waals surface area contributed by atoms with Crippen molar-refractivity contribution in [1.29, 1.82) is 0 Å². The lowest BCUT2D eigenvalue weighted by atomic mass is 9.97. The van der Waals surface area contributed by atoms with Gasteiger partial charge in [0.25, 0.3) is 0 Å². The minimum atomic E-state index is -0.982. The first-order valence-corrected chi connectivity index (χ1v) is 4.82. The second kappa shape index (κ2) is 9.24. The number of carboxylic acid groups (broad SMARTS) is 1. The maximum absolute atomic E-state index is 10.9. The summed E-state index contributed by atoms with van der Waals surface area (Å²) in [6, 6.07) is 0. The van der Waals surface area contributed by atoms with E-state index in [9.17, 15) is 9.59 Å². The normalized spacial score (nSPS) is 11.6. The first-order valence-electron chi connectivity index (χ1n) is 4.82. The van der Waals surface area contributed by atoms with Crippen molar-refractivity contribution in [2.75, 3.05) is 0 Å². The van der Waals surface area contributed by atoms with E-state index in [1.807, 2.05) is 0 Å². The van der Waals surface area contributed by atoms with Crippen LogP contribution in [0.2, 0.25) is 0 Å². The third-order valence-electron chi connectivity index (χ3n) is 2.14. The maximum Gasteiger partial charge on any atom is 0.314 e. The summed E-state index contributed by atoms with van der Waals surface area (Å²) in [5, 5.41) is 8.68. The molecule has 0 aliphatic carbocycles. The molecule has 0 aliphatic rings. The Labute approximate surface area is 96.0 Å². The van der Waals surface area contributed by atoms with Gasteiger partial charge in [0, 0.05) is 0 Å². The summed E-state index contributed by atoms with van der Waals surface area (Å²) < 4.78 is 0. The molecule has 0 amide bonds. The Morgan fingerprint density at radius 2 is 1.79 bits per heavy atom. The zero-order chi connectivity index (χ0) is 10.3. The number of hydrogen-bond donors (Lipinski definition) is 1. The van der Waals surface area contributed by atoms with Gasteiger partial charge in [-0.1, -0.05) is 32.6 Å². The van der Waals surface area contributed by atoms with Crippen LogP contribution in [-0.2, 0) is 9.59 Å². The molecule has 4 heteroatoms. The lowest BCUT2D eigenvalue weighted by Crippen LogP contribution is -2.21. The van der Waals surface area contributed by atoms with E-state index in [0.29, 0.717) is 6.42 Å². The largest absolute Gasteiger partial charge is 0.481 e. The van der Waals surface area contributed by atoms with Gasteiger partial charge in [0.1, 0.15) is 11.7 Å². The Hall–Kier alpha value is -0.328. The molecule has 0 rings (SSSR count). The zero-order valence-electron chi connectivity index (χ0n) is 8.38. The van der Waals surface area contributed by atoms with Gasteiger partial charge in [-0.15, -0.1) is 0 Å². The second-order valence-corrected chi connectivity index (χ2v) is 3.35. The van der Waals surface area contributed by atoms with Crippen molar-refractivity contribution in [1.82, 2.24) is 0 Å². The van der Waals surface area contributed by atoms with Gasteiger partial charge >= 0.3 is 5.97 Å². The number of aliphatic carboxylic acids is 1. The van der Waals surface area contributed by atoms with Crippen LogP contribution < -0.4 is 0 Å². The van der Waals surface area contributed by atoms with Gasteiger partial charge < -0.3 is 5.11 Å². The minimum Gasteiger partial charge on any atom is -0.481 e. The Morgan fingerprint density at radius 3 is 2.14 bits per heavy atom. The maximum atomic E-state index is 10.9. The van der Waals surface area contributed by atoms with Crippen molar-refractivity contribution in [2.45, 2.75) is 46.0 Å². The van der Waals surface area contributed by atoms with Gasteiger partial charge in [-0.2, -0.15) is 0 Å². The number of rotatable bonds is 7. The SMILES string of the molecule is CCCCCCC(C(C)=O)C(=O)O.[AlH3]. The summed E-state index contributed by atoms with van der Waals surface area (Å²) in [4.78, 5) is 21.5. The van der Waals surface area contributed by atoms with Crippen LogP contribution >= 0.6 is 0 Å². The van der Waals surface area contributed by atoms with Crippen LogP contribution in [-0.4, -0.2) is 34.2 Å². The number of carboxylic acids is 1. The highest BCUT2D eigenvalue weighted by Crippen LogP contribution is 2.12. The van der Waals surface area contributed by atoms with Crippen LogP contribution in [0.5, 0.6) is 0 Å². The van der Waals surface area contributed by atoms with Crippen LogP contribution in [0, 0.1) is 5.92 Å². The Bertz CT molecular complexity index is 166. The first kappa shape index (κ1) is 16.1. The molecule has 1 atom stereocenters. The van der Waals surface area contributed by atoms with Crippen molar-refractivity contribution in [3.8, 4) is 0 Å². The molecule has 3 nitrogen and oxygen atoms in total. The Kier molecular flexibility index (Phi) is 10.6. The molecule has 0 saturated heterocycles. The van der Waals surface area contributed by atoms with Crippen LogP contribution in [0.3, 0.4) is 0 Å². The molecule has 0 heterocycles. The van der Waals surface area contributed by atoms with Crippen LogP contribution in [0.1, 0.15) is 46.0 Å². The van der Waals surface area contributed by atoms with Gasteiger partial charge in [0.05, 0.1) is 0 Å². The molecule has 0 radical (unpaired) electrons. The number of carbonyl (C=O) groups excluding carboxylic acids is 1. The minimum absolute atomic E-state index is 0. The quantitative estimate of drug-likeness (QED) is 0.393. The average Bonchev–Trinajstić information content (AvgIpc) is 2.02. The predicted molar refractivity (Wildman–Crippen MR) is 60.5 cm³/mol. The fraction of sp³-hybridized carbons (Fsp3) is 0.800. The van der Waals surface area contributed by atoms with E-state index < -0.39 is 11.9 Å². The molecule has 0 aromatic carbocycles. The van der Waals surface area contributed by atoms with Crippen molar-refractivity contribution in [2.24, 2.45) is 5.92 Å². The van der Waals surface area contributed by atoms with E-state index in [1.54, 1.807) is 0 Å². The molecule has 0 saturated carbocycles. The highest BCUT2D eigenvalue weighted by molar-refractivity contribution is 5.96. The van der Waals surface area contributed by atoms with E-state index in [2.05, 4.69) is 6.92 Å². The van der Waals surface area contributed by atoms with E-state index in [0.717, 1.165) is 25.7 Å². The summed E-state index contributed by atoms with van der Waals surface area (Å²) >= 11 is 0. The summed E-state index contributed by atoms with van der Waals surface area (Å²) in [6.45, 7) is 3.44. The molecular formula is C10H21AlO3. The fourth-order valence-corrected chi connectivity index (χ4v) is 1.28. The standard InChI is InChI=1S/C10H18O3.Al.3H/c1-3-4-5-6-7-9(8(2)11)10(12)13;;;;/h9H,3-7H2,1-2H3,(H,12,13);;;;. The van der Waals surface area contributed by atoms with E-state index in [-0.39, 0.29) is 23.1 Å². The molecule has 0 aromatic heterocycles. The van der Waals surface area contributed by atoms with E-state index in [1.165, 1.54) is 6.92 Å². The summed E-state index contributed by atoms with van der Waals surface area (Å²) in [5.41, 5.74) is 0. The second-order valence-electron chi connectivity index (χ2n) is 3.35. The molecule has 82 valence electrons. The average molecular weight is 216 g/mol. The van der Waals surface area contributed by atoms with Crippen molar-refractivity contribution in [3.05, 3.63) is 0 Å². The van der Waals surface area contributed by atoms with Crippen LogP contribution in [0.15, 0.2) is 0 Å². The summed E-state index contributed by atoms with van der Waals surface area (Å²) in [5.74, 6) is -2.00. The Balaban J connectivity index is 0. The molecule has 1 N–H and O–H groups in total. The first-order chi connectivity index (χ1) is 6.09. The Morgan fingerprint density at radius 1 is 1.21 bits per heavy atom. The topological polar surface area (TPSA) is 54.4 Å². The molecule has 0 fully saturated rings. The number of carbonyl (C=O) groups is 2. The lowest BCUT2D eigenvalue weighted by Gasteiger charge is -2.07. The number of hydrogen-bond acceptors (Lipinski definition) is 2. The molecule has 0 aliphatic heterocycles. The predicted octanol–water partition coefficient (Wildman–Crippen LogP) is 1.06. The monoisotopic (exact) mass is 216 g/mol. The van der Waals surface area contributed by atoms with Gasteiger partial charge in [-0.3, -0.25) is 9.59 Å². The van der Waals surface area contributed by atoms with Crippen molar-refractivity contribution < 1.29 is 14.7 Å². The molecule has 0 bridgehead atoms. The summed E-state index contributed by atoms with van der Waals surface area (Å²) in [6.07, 6.45) is 4.59. The van der Waals surface area contributed by atoms with Gasteiger partial charge in [-0.05, 0) is 13.3 Å². The lowest BCUT2D eigenvalue weighted by molar-refractivity contribution is -0.146. The number of ketones is 1. The van der Waals surface area contributed by atoms with Crippen LogP contribution in [0.4, 0.5) is 0 Å². The third-order valence-corrected chi connectivity index (χ3v) is 2.14. The smallest absolute Gasteiger partial charge is 0.314 e. The fourth-order valence-electron chi connectivity index (χ4n) is 1.28. The molecule has 0 aromatic rings. The highest BCUT2D eigenvalue weighted by atomic mass is 27.0. The van der Waals surface area contributed by atoms with E-state index >= 15 is 0 Å². The number of Topliss-reactive ketones (excluding diaryl/α,β-unsaturated/α-hetero) is 1. The van der Waals surface area contributed by atoms with Crippen LogP contribution in [0.25, 0.3) is 0 Å². The molecule has 14 heavy (non-hydrogen) atoms. The highest BCUT2D eigenvalue weighted by Gasteiger charge is 2.21. The van der Waals surface area contributed by atoms with Gasteiger partial charge in [-0.25, -0.2) is 0 Å². The van der Waals surface area contributed by atoms with Crippen molar-refractivity contribution in [3.63, 3.8) is 0 Å². The molecule has 0 spiro atoms. The third kappa shape index (κ3) is 7.11. The zero-order valence-corrected chi connectivity index (χ0v) is 8.38. The molecular weight excluding hydrogens is 195 g/mol. The number of unbranched alkanes of at least 4 members (excludes halogenated alkanes) is 3. The van der Waals surface area contributed by atoms with Gasteiger partial charge in [0.15, 0.2) is 17.4 Å². The van der Waals surface area contributed by atoms with Gasteiger partial charge in [0.2, 0.25) is 0 Å². The van der Waals surface area contributed by atoms with E-state index in [4.69, 9.17) is 5.11 Å².